The van der Waals surface area contributed by atoms with E-state index in [1.165, 1.54) is 25.3 Å². The Balaban J connectivity index is 2.22. The minimum Gasteiger partial charge on any atom is -0.465 e. The molecule has 2 aromatic rings. The van der Waals surface area contributed by atoms with Crippen molar-refractivity contribution in [2.45, 2.75) is 0 Å². The third kappa shape index (κ3) is 2.85. The fourth-order valence-corrected chi connectivity index (χ4v) is 1.47. The van der Waals surface area contributed by atoms with Gasteiger partial charge in [0.1, 0.15) is 17.3 Å². The molecule has 92 valence electrons. The lowest BCUT2D eigenvalue weighted by atomic mass is 10.2. The lowest BCUT2D eigenvalue weighted by Gasteiger charge is -2.06. The van der Waals surface area contributed by atoms with Gasteiger partial charge in [-0.25, -0.2) is 9.18 Å². The van der Waals surface area contributed by atoms with Gasteiger partial charge in [-0.3, -0.25) is 0 Å². The average molecular weight is 246 g/mol. The summed E-state index contributed by atoms with van der Waals surface area (Å²) in [6.07, 6.45) is 0. The molecule has 0 aliphatic heterocycles. The van der Waals surface area contributed by atoms with E-state index in [0.29, 0.717) is 17.1 Å². The highest BCUT2D eigenvalue weighted by Crippen LogP contribution is 2.22. The van der Waals surface area contributed by atoms with Crippen LogP contribution in [-0.4, -0.2) is 13.1 Å². The zero-order chi connectivity index (χ0) is 13.0. The van der Waals surface area contributed by atoms with Crippen molar-refractivity contribution in [3.8, 4) is 11.5 Å². The van der Waals surface area contributed by atoms with Gasteiger partial charge in [-0.05, 0) is 30.3 Å². The Hall–Kier alpha value is -2.36. The van der Waals surface area contributed by atoms with Crippen LogP contribution in [0.4, 0.5) is 4.39 Å². The Labute approximate surface area is 104 Å². The second kappa shape index (κ2) is 5.31. The van der Waals surface area contributed by atoms with Gasteiger partial charge in [0.25, 0.3) is 0 Å². The van der Waals surface area contributed by atoms with Crippen molar-refractivity contribution in [3.05, 3.63) is 59.9 Å². The van der Waals surface area contributed by atoms with Crippen molar-refractivity contribution in [2.75, 3.05) is 7.11 Å². The molecule has 0 radical (unpaired) electrons. The van der Waals surface area contributed by atoms with E-state index in [2.05, 4.69) is 4.74 Å². The summed E-state index contributed by atoms with van der Waals surface area (Å²) >= 11 is 0. The normalized spacial score (nSPS) is 9.89. The van der Waals surface area contributed by atoms with Gasteiger partial charge in [0, 0.05) is 6.07 Å². The van der Waals surface area contributed by atoms with E-state index in [0.717, 1.165) is 0 Å². The Bertz CT molecular complexity index is 566. The van der Waals surface area contributed by atoms with Gasteiger partial charge in [0.05, 0.1) is 12.7 Å². The summed E-state index contributed by atoms with van der Waals surface area (Å²) in [5, 5.41) is 0. The predicted molar refractivity (Wildman–Crippen MR) is 64.3 cm³/mol. The largest absolute Gasteiger partial charge is 0.465 e. The van der Waals surface area contributed by atoms with E-state index in [1.807, 2.05) is 0 Å². The molecule has 0 aliphatic carbocycles. The third-order valence-electron chi connectivity index (χ3n) is 2.29. The van der Waals surface area contributed by atoms with Gasteiger partial charge in [0.15, 0.2) is 0 Å². The molecular formula is C14H11FO3. The van der Waals surface area contributed by atoms with Crippen LogP contribution in [0.3, 0.4) is 0 Å². The number of carbonyl (C=O) groups is 1. The standard InChI is InChI=1S/C14H11FO3/c1-17-14(16)10-4-2-6-12(8-10)18-13-7-3-5-11(15)9-13/h2-9H,1H3. The number of rotatable bonds is 3. The van der Waals surface area contributed by atoms with Crippen LogP contribution < -0.4 is 4.74 Å². The number of hydrogen-bond acceptors (Lipinski definition) is 3. The molecule has 4 heteroatoms. The summed E-state index contributed by atoms with van der Waals surface area (Å²) in [6.45, 7) is 0. The highest BCUT2D eigenvalue weighted by Gasteiger charge is 2.06. The van der Waals surface area contributed by atoms with Crippen LogP contribution in [0.25, 0.3) is 0 Å². The van der Waals surface area contributed by atoms with Gasteiger partial charge in [0.2, 0.25) is 0 Å². The maximum atomic E-state index is 13.0. The smallest absolute Gasteiger partial charge is 0.337 e. The number of methoxy groups -OCH3 is 1. The Morgan fingerprint density at radius 3 is 2.39 bits per heavy atom. The van der Waals surface area contributed by atoms with E-state index in [9.17, 15) is 9.18 Å². The van der Waals surface area contributed by atoms with Crippen LogP contribution in [0, 0.1) is 5.82 Å². The van der Waals surface area contributed by atoms with Crippen LogP contribution in [0.1, 0.15) is 10.4 Å². The van der Waals surface area contributed by atoms with E-state index in [-0.39, 0.29) is 5.82 Å². The number of esters is 1. The van der Waals surface area contributed by atoms with Crippen LogP contribution in [0.2, 0.25) is 0 Å². The van der Waals surface area contributed by atoms with Gasteiger partial charge in [-0.1, -0.05) is 12.1 Å². The molecule has 0 aliphatic rings. The molecule has 0 unspecified atom stereocenters. The maximum Gasteiger partial charge on any atom is 0.337 e. The van der Waals surface area contributed by atoms with Crippen LogP contribution in [0.5, 0.6) is 11.5 Å². The third-order valence-corrected chi connectivity index (χ3v) is 2.29. The van der Waals surface area contributed by atoms with Gasteiger partial charge >= 0.3 is 5.97 Å². The quantitative estimate of drug-likeness (QED) is 0.778. The molecule has 0 amide bonds. The molecule has 0 fully saturated rings. The molecule has 0 N–H and O–H groups in total. The lowest BCUT2D eigenvalue weighted by molar-refractivity contribution is 0.0600. The monoisotopic (exact) mass is 246 g/mol. The van der Waals surface area contributed by atoms with Gasteiger partial charge < -0.3 is 9.47 Å². The summed E-state index contributed by atoms with van der Waals surface area (Å²) < 4.78 is 23.0. The zero-order valence-electron chi connectivity index (χ0n) is 9.72. The summed E-state index contributed by atoms with van der Waals surface area (Å²) in [5.74, 6) is -0.00293. The number of halogens is 1. The zero-order valence-corrected chi connectivity index (χ0v) is 9.72. The molecule has 2 rings (SSSR count). The first kappa shape index (κ1) is 12.1. The Morgan fingerprint density at radius 1 is 1.06 bits per heavy atom. The molecule has 0 bridgehead atoms. The molecular weight excluding hydrogens is 235 g/mol. The van der Waals surface area contributed by atoms with Crippen molar-refractivity contribution in [1.82, 2.24) is 0 Å². The molecule has 0 spiro atoms. The summed E-state index contributed by atoms with van der Waals surface area (Å²) in [7, 11) is 1.31. The van der Waals surface area contributed by atoms with Crippen molar-refractivity contribution >= 4 is 5.97 Å². The first-order valence-corrected chi connectivity index (χ1v) is 5.31. The first-order chi connectivity index (χ1) is 8.69. The van der Waals surface area contributed by atoms with E-state index in [1.54, 1.807) is 30.3 Å². The van der Waals surface area contributed by atoms with Crippen molar-refractivity contribution in [3.63, 3.8) is 0 Å². The average Bonchev–Trinajstić information content (AvgIpc) is 2.38. The fraction of sp³-hybridized carbons (Fsp3) is 0.0714. The van der Waals surface area contributed by atoms with Crippen LogP contribution >= 0.6 is 0 Å². The molecule has 0 aromatic heterocycles. The molecule has 0 saturated heterocycles. The molecule has 18 heavy (non-hydrogen) atoms. The SMILES string of the molecule is COC(=O)c1cccc(Oc2cccc(F)c2)c1. The lowest BCUT2D eigenvalue weighted by Crippen LogP contribution is -2.00. The highest BCUT2D eigenvalue weighted by atomic mass is 19.1. The van der Waals surface area contributed by atoms with Gasteiger partial charge in [-0.15, -0.1) is 0 Å². The van der Waals surface area contributed by atoms with E-state index < -0.39 is 5.97 Å². The second-order valence-corrected chi connectivity index (χ2v) is 3.58. The number of hydrogen-bond donors (Lipinski definition) is 0. The minimum absolute atomic E-state index is 0.372. The van der Waals surface area contributed by atoms with Crippen LogP contribution in [0.15, 0.2) is 48.5 Å². The van der Waals surface area contributed by atoms with E-state index >= 15 is 0 Å². The summed E-state index contributed by atoms with van der Waals surface area (Å²) in [5.41, 5.74) is 0.381. The molecule has 3 nitrogen and oxygen atoms in total. The first-order valence-electron chi connectivity index (χ1n) is 5.31. The van der Waals surface area contributed by atoms with E-state index in [4.69, 9.17) is 4.74 Å². The molecule has 2 aromatic carbocycles. The van der Waals surface area contributed by atoms with Crippen LogP contribution in [-0.2, 0) is 4.74 Å². The minimum atomic E-state index is -0.445. The summed E-state index contributed by atoms with van der Waals surface area (Å²) in [4.78, 5) is 11.3. The Morgan fingerprint density at radius 2 is 1.72 bits per heavy atom. The maximum absolute atomic E-state index is 13.0. The molecule has 0 saturated carbocycles. The van der Waals surface area contributed by atoms with Gasteiger partial charge in [-0.2, -0.15) is 0 Å². The number of benzene rings is 2. The fourth-order valence-electron chi connectivity index (χ4n) is 1.47. The second-order valence-electron chi connectivity index (χ2n) is 3.58. The molecule has 0 atom stereocenters. The molecule has 0 heterocycles. The number of ether oxygens (including phenoxy) is 2. The van der Waals surface area contributed by atoms with Crippen molar-refractivity contribution in [1.29, 1.82) is 0 Å². The summed E-state index contributed by atoms with van der Waals surface area (Å²) in [6, 6.07) is 12.3. The number of carbonyl (C=O) groups excluding carboxylic acids is 1. The topological polar surface area (TPSA) is 35.5 Å². The van der Waals surface area contributed by atoms with Crippen molar-refractivity contribution < 1.29 is 18.7 Å². The predicted octanol–water partition coefficient (Wildman–Crippen LogP) is 3.40. The Kier molecular flexibility index (Phi) is 3.57. The van der Waals surface area contributed by atoms with Crippen molar-refractivity contribution in [2.24, 2.45) is 0 Å². The highest BCUT2D eigenvalue weighted by molar-refractivity contribution is 5.89.